The summed E-state index contributed by atoms with van der Waals surface area (Å²) in [4.78, 5) is 25.9. The maximum atomic E-state index is 13.4. The van der Waals surface area contributed by atoms with Gasteiger partial charge in [0.2, 0.25) is 5.43 Å². The fraction of sp³-hybridized carbons (Fsp3) is 0.214. The molecule has 8 nitrogen and oxygen atoms in total. The van der Waals surface area contributed by atoms with Crippen LogP contribution in [0, 0.1) is 0 Å². The summed E-state index contributed by atoms with van der Waals surface area (Å²) < 4.78 is 22.7. The number of fused-ring (bicyclic) bond motifs is 3. The maximum absolute atomic E-state index is 13.4. The molecule has 0 saturated carbocycles. The molecule has 1 aromatic heterocycles. The van der Waals surface area contributed by atoms with Gasteiger partial charge in [-0.25, -0.2) is 0 Å². The van der Waals surface area contributed by atoms with Crippen molar-refractivity contribution in [2.24, 2.45) is 0 Å². The number of carbonyl (C=O) groups is 1. The topological polar surface area (TPSA) is 115 Å². The van der Waals surface area contributed by atoms with E-state index in [1.54, 1.807) is 24.3 Å². The Bertz CT molecular complexity index is 1530. The number of carbonyl (C=O) groups excluding carboxylic acids is 1. The van der Waals surface area contributed by atoms with E-state index in [1.807, 2.05) is 19.9 Å². The van der Waals surface area contributed by atoms with Gasteiger partial charge in [-0.2, -0.15) is 0 Å². The van der Waals surface area contributed by atoms with Crippen molar-refractivity contribution in [2.75, 3.05) is 7.11 Å². The SMILES string of the molecule is COc1cc(C2CC(=O)Oc3cc(O)c4c(=O)c(-c5ccc(O)cc5)coc4c32)ccc1OC(C)C. The second kappa shape index (κ2) is 8.96. The molecule has 0 spiro atoms. The lowest BCUT2D eigenvalue weighted by Gasteiger charge is -2.26. The van der Waals surface area contributed by atoms with E-state index in [-0.39, 0.29) is 46.3 Å². The zero-order valence-electron chi connectivity index (χ0n) is 19.9. The molecule has 1 unspecified atom stereocenters. The molecule has 184 valence electrons. The Morgan fingerprint density at radius 3 is 2.44 bits per heavy atom. The second-order valence-electron chi connectivity index (χ2n) is 8.84. The zero-order valence-corrected chi connectivity index (χ0v) is 19.9. The lowest BCUT2D eigenvalue weighted by Crippen LogP contribution is -2.22. The van der Waals surface area contributed by atoms with Crippen LogP contribution in [0.2, 0.25) is 0 Å². The molecule has 4 aromatic rings. The Balaban J connectivity index is 1.70. The van der Waals surface area contributed by atoms with Crippen LogP contribution in [0.4, 0.5) is 0 Å². The summed E-state index contributed by atoms with van der Waals surface area (Å²) in [6, 6.07) is 12.7. The van der Waals surface area contributed by atoms with Crippen LogP contribution in [-0.2, 0) is 4.79 Å². The van der Waals surface area contributed by atoms with Crippen LogP contribution in [0.1, 0.15) is 37.3 Å². The van der Waals surface area contributed by atoms with Gasteiger partial charge >= 0.3 is 5.97 Å². The predicted molar refractivity (Wildman–Crippen MR) is 132 cm³/mol. The minimum atomic E-state index is -0.519. The van der Waals surface area contributed by atoms with E-state index in [1.165, 1.54) is 31.6 Å². The van der Waals surface area contributed by atoms with E-state index < -0.39 is 17.3 Å². The number of phenolic OH excluding ortho intramolecular Hbond substituents is 2. The summed E-state index contributed by atoms with van der Waals surface area (Å²) >= 11 is 0. The molecule has 5 rings (SSSR count). The lowest BCUT2D eigenvalue weighted by atomic mass is 9.84. The summed E-state index contributed by atoms with van der Waals surface area (Å²) in [5.74, 6) is -0.0972. The summed E-state index contributed by atoms with van der Waals surface area (Å²) in [6.07, 6.45) is 1.26. The molecular formula is C28H24O8. The van der Waals surface area contributed by atoms with Gasteiger partial charge in [-0.3, -0.25) is 9.59 Å². The molecular weight excluding hydrogens is 464 g/mol. The van der Waals surface area contributed by atoms with Crippen molar-refractivity contribution in [3.8, 4) is 39.9 Å². The third-order valence-electron chi connectivity index (χ3n) is 6.10. The summed E-state index contributed by atoms with van der Waals surface area (Å²) in [5, 5.41) is 20.3. The number of ether oxygens (including phenoxy) is 3. The zero-order chi connectivity index (χ0) is 25.6. The van der Waals surface area contributed by atoms with E-state index in [0.717, 1.165) is 5.56 Å². The van der Waals surface area contributed by atoms with Crippen molar-refractivity contribution in [3.63, 3.8) is 0 Å². The largest absolute Gasteiger partial charge is 0.508 e. The Labute approximate surface area is 206 Å². The third kappa shape index (κ3) is 4.00. The molecule has 0 saturated heterocycles. The van der Waals surface area contributed by atoms with Crippen LogP contribution in [0.5, 0.6) is 28.7 Å². The number of aromatic hydroxyl groups is 2. The van der Waals surface area contributed by atoms with Crippen molar-refractivity contribution in [3.05, 3.63) is 76.1 Å². The molecule has 36 heavy (non-hydrogen) atoms. The Hall–Kier alpha value is -4.46. The fourth-order valence-electron chi connectivity index (χ4n) is 4.51. The first-order valence-electron chi connectivity index (χ1n) is 11.4. The number of hydrogen-bond donors (Lipinski definition) is 2. The Morgan fingerprint density at radius 2 is 1.75 bits per heavy atom. The van der Waals surface area contributed by atoms with Gasteiger partial charge < -0.3 is 28.8 Å². The monoisotopic (exact) mass is 488 g/mol. The molecule has 3 aromatic carbocycles. The smallest absolute Gasteiger partial charge is 0.312 e. The summed E-state index contributed by atoms with van der Waals surface area (Å²) in [5.41, 5.74) is 1.65. The molecule has 0 radical (unpaired) electrons. The Kier molecular flexibility index (Phi) is 5.80. The molecule has 1 aliphatic rings. The number of rotatable bonds is 5. The van der Waals surface area contributed by atoms with Gasteiger partial charge in [0.25, 0.3) is 0 Å². The quantitative estimate of drug-likeness (QED) is 0.294. The highest BCUT2D eigenvalue weighted by atomic mass is 16.5. The Morgan fingerprint density at radius 1 is 1.00 bits per heavy atom. The minimum Gasteiger partial charge on any atom is -0.508 e. The van der Waals surface area contributed by atoms with Gasteiger partial charge in [0.05, 0.1) is 25.2 Å². The highest BCUT2D eigenvalue weighted by molar-refractivity contribution is 5.94. The number of phenols is 2. The molecule has 0 amide bonds. The van der Waals surface area contributed by atoms with Crippen molar-refractivity contribution >= 4 is 16.9 Å². The van der Waals surface area contributed by atoms with E-state index in [4.69, 9.17) is 18.6 Å². The van der Waals surface area contributed by atoms with Crippen molar-refractivity contribution in [1.29, 1.82) is 0 Å². The molecule has 8 heteroatoms. The third-order valence-corrected chi connectivity index (χ3v) is 6.10. The molecule has 2 N–H and O–H groups in total. The van der Waals surface area contributed by atoms with Crippen LogP contribution in [-0.4, -0.2) is 29.4 Å². The van der Waals surface area contributed by atoms with E-state index >= 15 is 0 Å². The molecule has 0 aliphatic carbocycles. The van der Waals surface area contributed by atoms with E-state index in [2.05, 4.69) is 0 Å². The van der Waals surface area contributed by atoms with Gasteiger partial charge in [-0.1, -0.05) is 18.2 Å². The number of benzene rings is 3. The van der Waals surface area contributed by atoms with Crippen LogP contribution < -0.4 is 19.6 Å². The number of hydrogen-bond acceptors (Lipinski definition) is 8. The van der Waals surface area contributed by atoms with E-state index in [9.17, 15) is 19.8 Å². The minimum absolute atomic E-state index is 0.00381. The van der Waals surface area contributed by atoms with E-state index in [0.29, 0.717) is 22.6 Å². The maximum Gasteiger partial charge on any atom is 0.312 e. The average Bonchev–Trinajstić information content (AvgIpc) is 2.84. The second-order valence-corrected chi connectivity index (χ2v) is 8.84. The highest BCUT2D eigenvalue weighted by Gasteiger charge is 2.34. The molecule has 2 heterocycles. The summed E-state index contributed by atoms with van der Waals surface area (Å²) in [6.45, 7) is 3.82. The normalized spacial score (nSPS) is 15.0. The van der Waals surface area contributed by atoms with Crippen LogP contribution >= 0.6 is 0 Å². The van der Waals surface area contributed by atoms with Gasteiger partial charge in [0, 0.05) is 17.5 Å². The van der Waals surface area contributed by atoms with Crippen LogP contribution in [0.25, 0.3) is 22.1 Å². The van der Waals surface area contributed by atoms with Crippen molar-refractivity contribution in [1.82, 2.24) is 0 Å². The van der Waals surface area contributed by atoms with Crippen LogP contribution in [0.15, 0.2) is 64.0 Å². The lowest BCUT2D eigenvalue weighted by molar-refractivity contribution is -0.135. The van der Waals surface area contributed by atoms with Gasteiger partial charge in [0.1, 0.15) is 34.5 Å². The van der Waals surface area contributed by atoms with Crippen molar-refractivity contribution in [2.45, 2.75) is 32.3 Å². The molecule has 1 aliphatic heterocycles. The predicted octanol–water partition coefficient (Wildman–Crippen LogP) is 5.11. The fourth-order valence-corrected chi connectivity index (χ4v) is 4.51. The number of methoxy groups -OCH3 is 1. The number of esters is 1. The van der Waals surface area contributed by atoms with Gasteiger partial charge in [-0.15, -0.1) is 0 Å². The van der Waals surface area contributed by atoms with Crippen LogP contribution in [0.3, 0.4) is 0 Å². The first-order chi connectivity index (χ1) is 17.3. The summed E-state index contributed by atoms with van der Waals surface area (Å²) in [7, 11) is 1.53. The first-order valence-corrected chi connectivity index (χ1v) is 11.4. The molecule has 0 bridgehead atoms. The molecule has 0 fully saturated rings. The molecule has 1 atom stereocenters. The van der Waals surface area contributed by atoms with Gasteiger partial charge in [-0.05, 0) is 49.2 Å². The average molecular weight is 488 g/mol. The standard InChI is InChI=1S/C28H24O8/c1-14(2)35-21-9-6-16(10-22(21)33-3)18-11-24(31)36-23-12-20(30)26-27(32)19(13-34-28(26)25(18)23)15-4-7-17(29)8-5-15/h4-10,12-14,18,29-30H,11H2,1-3H3. The van der Waals surface area contributed by atoms with Crippen molar-refractivity contribution < 1.29 is 33.6 Å². The highest BCUT2D eigenvalue weighted by Crippen LogP contribution is 2.47. The first kappa shape index (κ1) is 23.3. The van der Waals surface area contributed by atoms with Gasteiger partial charge in [0.15, 0.2) is 11.5 Å².